The van der Waals surface area contributed by atoms with Gasteiger partial charge in [0.2, 0.25) is 0 Å². The molecule has 0 unspecified atom stereocenters. The summed E-state index contributed by atoms with van der Waals surface area (Å²) in [6, 6.07) is 0. The van der Waals surface area contributed by atoms with E-state index < -0.39 is 11.9 Å². The van der Waals surface area contributed by atoms with Gasteiger partial charge in [0, 0.05) is 18.8 Å². The Morgan fingerprint density at radius 2 is 1.95 bits per heavy atom. The van der Waals surface area contributed by atoms with E-state index in [0.717, 1.165) is 5.69 Å². The molecule has 0 radical (unpaired) electrons. The fourth-order valence-corrected chi connectivity index (χ4v) is 2.92. The average Bonchev–Trinajstić information content (AvgIpc) is 2.91. The van der Waals surface area contributed by atoms with E-state index >= 15 is 0 Å². The number of amides is 1. The predicted octanol–water partition coefficient (Wildman–Crippen LogP) is 1.74. The van der Waals surface area contributed by atoms with Gasteiger partial charge in [0.05, 0.1) is 23.2 Å². The molecule has 1 N–H and O–H groups in total. The molecule has 1 amide bonds. The lowest BCUT2D eigenvalue weighted by Crippen LogP contribution is -2.31. The fraction of sp³-hybridized carbons (Fsp3) is 0.667. The van der Waals surface area contributed by atoms with Gasteiger partial charge in [0.15, 0.2) is 0 Å². The van der Waals surface area contributed by atoms with Crippen LogP contribution < -0.4 is 0 Å². The summed E-state index contributed by atoms with van der Waals surface area (Å²) in [5.74, 6) is -1.46. The summed E-state index contributed by atoms with van der Waals surface area (Å²) in [5.41, 5.74) is 1.19. The van der Waals surface area contributed by atoms with Crippen molar-refractivity contribution in [3.8, 4) is 0 Å². The molecule has 1 aliphatic rings. The van der Waals surface area contributed by atoms with Crippen LogP contribution in [0.2, 0.25) is 0 Å². The normalized spacial score (nSPS) is 22.6. The smallest absolute Gasteiger partial charge is 0.308 e. The lowest BCUT2D eigenvalue weighted by Gasteiger charge is -2.22. The van der Waals surface area contributed by atoms with E-state index in [4.69, 9.17) is 5.11 Å². The van der Waals surface area contributed by atoms with E-state index in [9.17, 15) is 9.59 Å². The van der Waals surface area contributed by atoms with E-state index in [1.54, 1.807) is 11.1 Å². The first-order valence-electron chi connectivity index (χ1n) is 7.20. The zero-order valence-corrected chi connectivity index (χ0v) is 13.3. The summed E-state index contributed by atoms with van der Waals surface area (Å²) in [5, 5.41) is 13.5. The van der Waals surface area contributed by atoms with E-state index in [1.165, 1.54) is 0 Å². The Morgan fingerprint density at radius 1 is 1.33 bits per heavy atom. The number of nitrogens with zero attached hydrogens (tertiary/aromatic N) is 3. The molecule has 116 valence electrons. The van der Waals surface area contributed by atoms with Crippen LogP contribution in [0.25, 0.3) is 0 Å². The second-order valence-corrected chi connectivity index (χ2v) is 6.86. The number of carboxylic acid groups (broad SMARTS) is 1. The third-order valence-electron chi connectivity index (χ3n) is 4.09. The Morgan fingerprint density at radius 3 is 2.38 bits per heavy atom. The standard InChI is InChI=1S/C15H23N3O3/c1-9-7-17(8-12(9)14(20)21)13(19)11-6-16-18(10(11)2)15(3,4)5/h6,9,12H,7-8H2,1-5H3,(H,20,21)/t9-,12-/m1/s1. The molecule has 2 heterocycles. The molecule has 0 aromatic carbocycles. The number of hydrogen-bond acceptors (Lipinski definition) is 3. The third kappa shape index (κ3) is 2.80. The van der Waals surface area contributed by atoms with Crippen LogP contribution in [0.4, 0.5) is 0 Å². The first-order valence-corrected chi connectivity index (χ1v) is 7.20. The molecule has 0 aliphatic carbocycles. The largest absolute Gasteiger partial charge is 0.481 e. The van der Waals surface area contributed by atoms with Gasteiger partial charge in [-0.3, -0.25) is 14.3 Å². The van der Waals surface area contributed by atoms with Gasteiger partial charge in [-0.1, -0.05) is 6.92 Å². The zero-order valence-electron chi connectivity index (χ0n) is 13.3. The number of carboxylic acids is 1. The van der Waals surface area contributed by atoms with Crippen LogP contribution in [0.1, 0.15) is 43.7 Å². The van der Waals surface area contributed by atoms with Gasteiger partial charge in [-0.15, -0.1) is 0 Å². The SMILES string of the molecule is Cc1c(C(=O)N2C[C@@H](C)[C@H](C(=O)O)C2)cnn1C(C)(C)C. The summed E-state index contributed by atoms with van der Waals surface area (Å²) in [6.07, 6.45) is 1.58. The second-order valence-electron chi connectivity index (χ2n) is 6.86. The van der Waals surface area contributed by atoms with Crippen LogP contribution in [-0.2, 0) is 10.3 Å². The monoisotopic (exact) mass is 293 g/mol. The number of likely N-dealkylation sites (tertiary alicyclic amines) is 1. The molecule has 1 aromatic heterocycles. The molecule has 1 aliphatic heterocycles. The minimum absolute atomic E-state index is 0.0237. The highest BCUT2D eigenvalue weighted by molar-refractivity contribution is 5.95. The van der Waals surface area contributed by atoms with Crippen molar-refractivity contribution in [3.05, 3.63) is 17.5 Å². The molecule has 2 rings (SSSR count). The topological polar surface area (TPSA) is 75.4 Å². The Hall–Kier alpha value is -1.85. The van der Waals surface area contributed by atoms with Crippen LogP contribution in [0.3, 0.4) is 0 Å². The quantitative estimate of drug-likeness (QED) is 0.901. The molecule has 1 fully saturated rings. The van der Waals surface area contributed by atoms with Crippen LogP contribution in [0.15, 0.2) is 6.20 Å². The maximum absolute atomic E-state index is 12.6. The highest BCUT2D eigenvalue weighted by atomic mass is 16.4. The van der Waals surface area contributed by atoms with Gasteiger partial charge >= 0.3 is 5.97 Å². The molecule has 1 aromatic rings. The van der Waals surface area contributed by atoms with Crippen molar-refractivity contribution >= 4 is 11.9 Å². The van der Waals surface area contributed by atoms with Crippen LogP contribution >= 0.6 is 0 Å². The minimum atomic E-state index is -0.833. The van der Waals surface area contributed by atoms with Gasteiger partial charge in [-0.25, -0.2) is 0 Å². The van der Waals surface area contributed by atoms with E-state index in [1.807, 2.05) is 39.3 Å². The predicted molar refractivity (Wildman–Crippen MR) is 78.2 cm³/mol. The third-order valence-corrected chi connectivity index (χ3v) is 4.09. The maximum atomic E-state index is 12.6. The van der Waals surface area contributed by atoms with Gasteiger partial charge in [-0.2, -0.15) is 5.10 Å². The van der Waals surface area contributed by atoms with Crippen molar-refractivity contribution in [2.45, 2.75) is 40.2 Å². The van der Waals surface area contributed by atoms with Crippen molar-refractivity contribution in [1.29, 1.82) is 0 Å². The van der Waals surface area contributed by atoms with E-state index in [2.05, 4.69) is 5.10 Å². The summed E-state index contributed by atoms with van der Waals surface area (Å²) in [7, 11) is 0. The van der Waals surface area contributed by atoms with Crippen molar-refractivity contribution in [2.75, 3.05) is 13.1 Å². The summed E-state index contributed by atoms with van der Waals surface area (Å²) in [4.78, 5) is 25.4. The van der Waals surface area contributed by atoms with Gasteiger partial charge < -0.3 is 10.0 Å². The van der Waals surface area contributed by atoms with Crippen molar-refractivity contribution in [2.24, 2.45) is 11.8 Å². The maximum Gasteiger partial charge on any atom is 0.308 e. The fourth-order valence-electron chi connectivity index (χ4n) is 2.92. The molecule has 0 spiro atoms. The lowest BCUT2D eigenvalue weighted by atomic mass is 9.99. The Kier molecular flexibility index (Phi) is 3.82. The van der Waals surface area contributed by atoms with Crippen LogP contribution in [0.5, 0.6) is 0 Å². The number of carbonyl (C=O) groups excluding carboxylic acids is 1. The number of carbonyl (C=O) groups is 2. The first-order chi connectivity index (χ1) is 9.62. The summed E-state index contributed by atoms with van der Waals surface area (Å²) < 4.78 is 1.83. The van der Waals surface area contributed by atoms with Gasteiger partial charge in [0.25, 0.3) is 5.91 Å². The highest BCUT2D eigenvalue weighted by Gasteiger charge is 2.38. The van der Waals surface area contributed by atoms with Crippen LogP contribution in [-0.4, -0.2) is 44.8 Å². The molecule has 6 heteroatoms. The Balaban J connectivity index is 2.23. The number of hydrogen-bond donors (Lipinski definition) is 1. The Bertz CT molecular complexity index is 571. The zero-order chi connectivity index (χ0) is 15.9. The first kappa shape index (κ1) is 15.5. The van der Waals surface area contributed by atoms with Crippen molar-refractivity contribution in [1.82, 2.24) is 14.7 Å². The second kappa shape index (κ2) is 5.16. The van der Waals surface area contributed by atoms with Gasteiger partial charge in [-0.05, 0) is 33.6 Å². The minimum Gasteiger partial charge on any atom is -0.481 e. The average molecular weight is 293 g/mol. The molecular formula is C15H23N3O3. The molecule has 0 bridgehead atoms. The lowest BCUT2D eigenvalue weighted by molar-refractivity contribution is -0.142. The number of rotatable bonds is 2. The summed E-state index contributed by atoms with van der Waals surface area (Å²) >= 11 is 0. The number of aliphatic carboxylic acids is 1. The van der Waals surface area contributed by atoms with Gasteiger partial charge in [0.1, 0.15) is 0 Å². The number of aromatic nitrogens is 2. The van der Waals surface area contributed by atoms with Crippen molar-refractivity contribution in [3.63, 3.8) is 0 Å². The van der Waals surface area contributed by atoms with Crippen molar-refractivity contribution < 1.29 is 14.7 Å². The van der Waals surface area contributed by atoms with E-state index in [-0.39, 0.29) is 23.9 Å². The van der Waals surface area contributed by atoms with E-state index in [0.29, 0.717) is 12.1 Å². The molecule has 0 saturated carbocycles. The van der Waals surface area contributed by atoms with Crippen LogP contribution in [0, 0.1) is 18.8 Å². The molecular weight excluding hydrogens is 270 g/mol. The summed E-state index contributed by atoms with van der Waals surface area (Å²) in [6.45, 7) is 10.6. The molecule has 1 saturated heterocycles. The Labute approximate surface area is 124 Å². The molecule has 2 atom stereocenters. The molecule has 6 nitrogen and oxygen atoms in total. The highest BCUT2D eigenvalue weighted by Crippen LogP contribution is 2.26. The molecule has 21 heavy (non-hydrogen) atoms.